The van der Waals surface area contributed by atoms with Crippen LogP contribution in [-0.4, -0.2) is 42.0 Å². The van der Waals surface area contributed by atoms with Gasteiger partial charge in [-0.2, -0.15) is 13.2 Å². The highest BCUT2D eigenvalue weighted by molar-refractivity contribution is 6.11. The average molecular weight is 416 g/mol. The Labute approximate surface area is 171 Å². The lowest BCUT2D eigenvalue weighted by Gasteiger charge is -2.24. The van der Waals surface area contributed by atoms with Gasteiger partial charge in [0.25, 0.3) is 5.91 Å². The van der Waals surface area contributed by atoms with Crippen LogP contribution in [0.15, 0.2) is 55.1 Å². The molecule has 5 nitrogen and oxygen atoms in total. The Morgan fingerprint density at radius 1 is 1.17 bits per heavy atom. The van der Waals surface area contributed by atoms with Crippen molar-refractivity contribution in [3.63, 3.8) is 0 Å². The van der Waals surface area contributed by atoms with Crippen LogP contribution in [-0.2, 0) is 15.7 Å². The summed E-state index contributed by atoms with van der Waals surface area (Å²) in [6.07, 6.45) is -2.81. The first-order valence-electron chi connectivity index (χ1n) is 9.45. The molecule has 0 radical (unpaired) electrons. The van der Waals surface area contributed by atoms with Gasteiger partial charge in [-0.3, -0.25) is 9.59 Å². The first-order valence-corrected chi connectivity index (χ1v) is 9.45. The number of hydrogen-bond acceptors (Lipinski definition) is 3. The molecule has 0 bridgehead atoms. The van der Waals surface area contributed by atoms with Crippen LogP contribution in [0.5, 0.6) is 0 Å². The van der Waals surface area contributed by atoms with Gasteiger partial charge in [0.2, 0.25) is 5.91 Å². The molecule has 2 amide bonds. The number of halogens is 3. The number of anilines is 1. The van der Waals surface area contributed by atoms with E-state index in [-0.39, 0.29) is 24.0 Å². The number of hydrogen-bond donors (Lipinski definition) is 1. The van der Waals surface area contributed by atoms with Crippen molar-refractivity contribution in [3.8, 4) is 11.1 Å². The molecule has 8 heteroatoms. The third-order valence-electron chi connectivity index (χ3n) is 5.33. The van der Waals surface area contributed by atoms with Crippen molar-refractivity contribution in [3.05, 3.63) is 66.2 Å². The minimum absolute atomic E-state index is 0.241. The molecule has 4 rings (SSSR count). The molecule has 2 heterocycles. The van der Waals surface area contributed by atoms with E-state index in [0.29, 0.717) is 29.8 Å². The summed E-state index contributed by atoms with van der Waals surface area (Å²) >= 11 is 0. The molecule has 0 aliphatic carbocycles. The van der Waals surface area contributed by atoms with Crippen molar-refractivity contribution in [2.45, 2.75) is 24.7 Å². The van der Waals surface area contributed by atoms with Crippen LogP contribution >= 0.6 is 0 Å². The highest BCUT2D eigenvalue weighted by Crippen LogP contribution is 2.35. The third kappa shape index (κ3) is 3.59. The Kier molecular flexibility index (Phi) is 5.11. The van der Waals surface area contributed by atoms with E-state index >= 15 is 0 Å². The van der Waals surface area contributed by atoms with Gasteiger partial charge in [0, 0.05) is 6.54 Å². The predicted octanol–water partition coefficient (Wildman–Crippen LogP) is 4.11. The van der Waals surface area contributed by atoms with Gasteiger partial charge < -0.3 is 15.0 Å². The van der Waals surface area contributed by atoms with Crippen molar-refractivity contribution in [2.24, 2.45) is 0 Å². The van der Waals surface area contributed by atoms with Gasteiger partial charge in [0.1, 0.15) is 6.04 Å². The second kappa shape index (κ2) is 7.60. The number of carbonyl (C=O) groups is 2. The average Bonchev–Trinajstić information content (AvgIpc) is 3.11. The van der Waals surface area contributed by atoms with Crippen LogP contribution in [0.2, 0.25) is 0 Å². The number of benzene rings is 2. The Morgan fingerprint density at radius 3 is 2.67 bits per heavy atom. The third-order valence-corrected chi connectivity index (χ3v) is 5.33. The molecule has 2 aromatic rings. The molecule has 0 spiro atoms. The SMILES string of the molecule is C=CCO[C@@H]1CCN2C(=O)c3cc(-c4cccc(C(F)(F)F)c4)ccc3NC(=O)[C@H]12. The van der Waals surface area contributed by atoms with Crippen LogP contribution < -0.4 is 5.32 Å². The zero-order valence-electron chi connectivity index (χ0n) is 15.9. The first-order chi connectivity index (χ1) is 14.3. The van der Waals surface area contributed by atoms with E-state index in [0.717, 1.165) is 12.1 Å². The second-order valence-electron chi connectivity index (χ2n) is 7.22. The van der Waals surface area contributed by atoms with Crippen LogP contribution in [0.4, 0.5) is 18.9 Å². The van der Waals surface area contributed by atoms with Crippen LogP contribution in [0.25, 0.3) is 11.1 Å². The van der Waals surface area contributed by atoms with Crippen molar-refractivity contribution in [1.29, 1.82) is 0 Å². The summed E-state index contributed by atoms with van der Waals surface area (Å²) < 4.78 is 44.8. The van der Waals surface area contributed by atoms with Crippen LogP contribution in [0, 0.1) is 0 Å². The maximum atomic E-state index is 13.2. The van der Waals surface area contributed by atoms with Gasteiger partial charge >= 0.3 is 6.18 Å². The van der Waals surface area contributed by atoms with Gasteiger partial charge in [-0.25, -0.2) is 0 Å². The van der Waals surface area contributed by atoms with Crippen LogP contribution in [0.3, 0.4) is 0 Å². The number of ether oxygens (including phenoxy) is 1. The molecule has 156 valence electrons. The topological polar surface area (TPSA) is 58.6 Å². The van der Waals surface area contributed by atoms with Crippen LogP contribution in [0.1, 0.15) is 22.3 Å². The normalized spacial score (nSPS) is 21.0. The standard InChI is InChI=1S/C22H19F3N2O3/c1-2-10-30-18-8-9-27-19(18)20(28)26-17-7-6-14(12-16(17)21(27)29)13-4-3-5-15(11-13)22(23,24)25/h2-7,11-12,18-19H,1,8-10H2,(H,26,28)/t18-,19+/m1/s1. The molecule has 0 saturated carbocycles. The molecule has 2 aliphatic rings. The number of nitrogens with zero attached hydrogens (tertiary/aromatic N) is 1. The van der Waals surface area contributed by atoms with Gasteiger partial charge in [-0.05, 0) is 41.8 Å². The largest absolute Gasteiger partial charge is 0.416 e. The molecule has 30 heavy (non-hydrogen) atoms. The molecular weight excluding hydrogens is 397 g/mol. The number of nitrogens with one attached hydrogen (secondary N) is 1. The molecule has 0 aromatic heterocycles. The predicted molar refractivity (Wildman–Crippen MR) is 105 cm³/mol. The Morgan fingerprint density at radius 2 is 1.93 bits per heavy atom. The maximum absolute atomic E-state index is 13.2. The molecule has 2 aliphatic heterocycles. The minimum atomic E-state index is -4.46. The number of rotatable bonds is 4. The summed E-state index contributed by atoms with van der Waals surface area (Å²) in [5.41, 5.74) is 0.597. The summed E-state index contributed by atoms with van der Waals surface area (Å²) in [6.45, 7) is 4.21. The van der Waals surface area contributed by atoms with Crippen molar-refractivity contribution < 1.29 is 27.5 Å². The highest BCUT2D eigenvalue weighted by atomic mass is 19.4. The number of carbonyl (C=O) groups excluding carboxylic acids is 2. The molecular formula is C22H19F3N2O3. The van der Waals surface area contributed by atoms with Gasteiger partial charge in [-0.1, -0.05) is 24.3 Å². The second-order valence-corrected chi connectivity index (χ2v) is 7.22. The lowest BCUT2D eigenvalue weighted by atomic mass is 9.99. The molecule has 1 fully saturated rings. The highest BCUT2D eigenvalue weighted by Gasteiger charge is 2.45. The number of amides is 2. The van der Waals surface area contributed by atoms with E-state index in [1.165, 1.54) is 17.0 Å². The summed E-state index contributed by atoms with van der Waals surface area (Å²) in [7, 11) is 0. The summed E-state index contributed by atoms with van der Waals surface area (Å²) in [6, 6.07) is 8.80. The Hall–Kier alpha value is -3.13. The van der Waals surface area contributed by atoms with Crippen molar-refractivity contribution in [2.75, 3.05) is 18.5 Å². The molecule has 2 atom stereocenters. The summed E-state index contributed by atoms with van der Waals surface area (Å²) in [5, 5.41) is 2.76. The molecule has 1 N–H and O–H groups in total. The Balaban J connectivity index is 1.70. The maximum Gasteiger partial charge on any atom is 0.416 e. The molecule has 0 unspecified atom stereocenters. The van der Waals surface area contributed by atoms with E-state index in [1.807, 2.05) is 0 Å². The molecule has 1 saturated heterocycles. The van der Waals surface area contributed by atoms with E-state index in [2.05, 4.69) is 11.9 Å². The summed E-state index contributed by atoms with van der Waals surface area (Å²) in [4.78, 5) is 27.4. The molecule has 2 aromatic carbocycles. The lowest BCUT2D eigenvalue weighted by Crippen LogP contribution is -2.46. The van der Waals surface area contributed by atoms with Crippen molar-refractivity contribution in [1.82, 2.24) is 4.90 Å². The Bertz CT molecular complexity index is 1020. The zero-order chi connectivity index (χ0) is 21.5. The monoisotopic (exact) mass is 416 g/mol. The fourth-order valence-electron chi connectivity index (χ4n) is 3.91. The van der Waals surface area contributed by atoms with E-state index in [4.69, 9.17) is 4.74 Å². The van der Waals surface area contributed by atoms with Gasteiger partial charge in [-0.15, -0.1) is 6.58 Å². The fourth-order valence-corrected chi connectivity index (χ4v) is 3.91. The fraction of sp³-hybridized carbons (Fsp3) is 0.273. The number of fused-ring (bicyclic) bond motifs is 2. The van der Waals surface area contributed by atoms with Gasteiger partial charge in [0.15, 0.2) is 0 Å². The first kappa shape index (κ1) is 20.2. The lowest BCUT2D eigenvalue weighted by molar-refractivity contribution is -0.137. The smallest absolute Gasteiger partial charge is 0.371 e. The van der Waals surface area contributed by atoms with E-state index in [9.17, 15) is 22.8 Å². The van der Waals surface area contributed by atoms with E-state index in [1.54, 1.807) is 24.3 Å². The zero-order valence-corrected chi connectivity index (χ0v) is 15.9. The number of alkyl halides is 3. The minimum Gasteiger partial charge on any atom is -0.371 e. The summed E-state index contributed by atoms with van der Waals surface area (Å²) in [5.74, 6) is -0.702. The van der Waals surface area contributed by atoms with Gasteiger partial charge in [0.05, 0.1) is 29.5 Å². The van der Waals surface area contributed by atoms with Crippen molar-refractivity contribution >= 4 is 17.5 Å². The van der Waals surface area contributed by atoms with E-state index < -0.39 is 23.9 Å². The quantitative estimate of drug-likeness (QED) is 0.764.